The third-order valence-corrected chi connectivity index (χ3v) is 2.52. The molecule has 3 nitrogen and oxygen atoms in total. The van der Waals surface area contributed by atoms with Gasteiger partial charge in [-0.15, -0.1) is 0 Å². The van der Waals surface area contributed by atoms with Crippen molar-refractivity contribution >= 4 is 5.91 Å². The van der Waals surface area contributed by atoms with Crippen LogP contribution < -0.4 is 11.1 Å². The van der Waals surface area contributed by atoms with Crippen LogP contribution in [0.3, 0.4) is 0 Å². The summed E-state index contributed by atoms with van der Waals surface area (Å²) in [5.74, 6) is -0.0122. The summed E-state index contributed by atoms with van der Waals surface area (Å²) in [6.07, 6.45) is 0.802. The molecule has 0 radical (unpaired) electrons. The van der Waals surface area contributed by atoms with Gasteiger partial charge in [-0.1, -0.05) is 17.7 Å². The highest BCUT2D eigenvalue weighted by molar-refractivity contribution is 5.95. The van der Waals surface area contributed by atoms with E-state index in [0.29, 0.717) is 6.54 Å². The predicted octanol–water partition coefficient (Wildman–Crippen LogP) is 1.77. The van der Waals surface area contributed by atoms with Crippen molar-refractivity contribution in [3.8, 4) is 0 Å². The highest BCUT2D eigenvalue weighted by Crippen LogP contribution is 2.10. The summed E-state index contributed by atoms with van der Waals surface area (Å²) in [6.45, 7) is 6.49. The number of amides is 1. The number of carbonyl (C=O) groups is 1. The fourth-order valence-corrected chi connectivity index (χ4v) is 1.49. The molecular formula is C13H20N2O. The normalized spacial score (nSPS) is 12.2. The van der Waals surface area contributed by atoms with Gasteiger partial charge >= 0.3 is 0 Å². The van der Waals surface area contributed by atoms with Crippen molar-refractivity contribution in [2.75, 3.05) is 6.54 Å². The molecule has 0 saturated carbocycles. The van der Waals surface area contributed by atoms with Gasteiger partial charge in [0.1, 0.15) is 0 Å². The van der Waals surface area contributed by atoms with Crippen LogP contribution in [0.2, 0.25) is 0 Å². The van der Waals surface area contributed by atoms with Crippen molar-refractivity contribution in [1.29, 1.82) is 0 Å². The van der Waals surface area contributed by atoms with Crippen molar-refractivity contribution in [3.63, 3.8) is 0 Å². The Morgan fingerprint density at radius 1 is 1.44 bits per heavy atom. The van der Waals surface area contributed by atoms with Crippen LogP contribution in [0.5, 0.6) is 0 Å². The third-order valence-electron chi connectivity index (χ3n) is 2.52. The number of hydrogen-bond donors (Lipinski definition) is 2. The SMILES string of the molecule is Cc1ccc(C)c(C(=O)NCCC(C)N)c1. The Hall–Kier alpha value is -1.35. The van der Waals surface area contributed by atoms with Gasteiger partial charge < -0.3 is 11.1 Å². The van der Waals surface area contributed by atoms with Gasteiger partial charge in [0.25, 0.3) is 5.91 Å². The van der Waals surface area contributed by atoms with Crippen LogP contribution in [-0.4, -0.2) is 18.5 Å². The van der Waals surface area contributed by atoms with Crippen LogP contribution in [0.4, 0.5) is 0 Å². The Balaban J connectivity index is 2.62. The largest absolute Gasteiger partial charge is 0.352 e. The first-order valence-corrected chi connectivity index (χ1v) is 5.61. The number of carbonyl (C=O) groups excluding carboxylic acids is 1. The summed E-state index contributed by atoms with van der Waals surface area (Å²) < 4.78 is 0. The zero-order valence-electron chi connectivity index (χ0n) is 10.2. The van der Waals surface area contributed by atoms with E-state index in [4.69, 9.17) is 5.73 Å². The second kappa shape index (κ2) is 5.66. The molecule has 1 unspecified atom stereocenters. The summed E-state index contributed by atoms with van der Waals surface area (Å²) in [6, 6.07) is 6.01. The molecule has 88 valence electrons. The van der Waals surface area contributed by atoms with Gasteiger partial charge in [-0.05, 0) is 38.8 Å². The maximum atomic E-state index is 11.8. The summed E-state index contributed by atoms with van der Waals surface area (Å²) in [7, 11) is 0. The Kier molecular flexibility index (Phi) is 4.50. The standard InChI is InChI=1S/C13H20N2O/c1-9-4-5-10(2)12(8-9)13(16)15-7-6-11(3)14/h4-5,8,11H,6-7,14H2,1-3H3,(H,15,16). The van der Waals surface area contributed by atoms with Gasteiger partial charge in [0, 0.05) is 18.2 Å². The molecule has 1 aromatic rings. The number of rotatable bonds is 4. The van der Waals surface area contributed by atoms with E-state index in [9.17, 15) is 4.79 Å². The van der Waals surface area contributed by atoms with Crippen molar-refractivity contribution < 1.29 is 4.79 Å². The molecule has 0 aromatic heterocycles. The van der Waals surface area contributed by atoms with Crippen LogP contribution in [0.25, 0.3) is 0 Å². The van der Waals surface area contributed by atoms with E-state index in [-0.39, 0.29) is 11.9 Å². The van der Waals surface area contributed by atoms with Gasteiger partial charge in [-0.3, -0.25) is 4.79 Å². The Morgan fingerprint density at radius 3 is 2.75 bits per heavy atom. The molecule has 1 rings (SSSR count). The number of nitrogens with two attached hydrogens (primary N) is 1. The van der Waals surface area contributed by atoms with Gasteiger partial charge in [-0.2, -0.15) is 0 Å². The molecular weight excluding hydrogens is 200 g/mol. The molecule has 3 N–H and O–H groups in total. The van der Waals surface area contributed by atoms with E-state index >= 15 is 0 Å². The number of hydrogen-bond acceptors (Lipinski definition) is 2. The van der Waals surface area contributed by atoms with E-state index in [1.165, 1.54) is 0 Å². The van der Waals surface area contributed by atoms with Crippen molar-refractivity contribution in [3.05, 3.63) is 34.9 Å². The van der Waals surface area contributed by atoms with Gasteiger partial charge in [0.2, 0.25) is 0 Å². The lowest BCUT2D eigenvalue weighted by Crippen LogP contribution is -2.29. The smallest absolute Gasteiger partial charge is 0.251 e. The van der Waals surface area contributed by atoms with Gasteiger partial charge in [0.05, 0.1) is 0 Å². The molecule has 0 bridgehead atoms. The van der Waals surface area contributed by atoms with Crippen molar-refractivity contribution in [2.24, 2.45) is 5.73 Å². The van der Waals surface area contributed by atoms with Gasteiger partial charge in [0.15, 0.2) is 0 Å². The summed E-state index contributed by atoms with van der Waals surface area (Å²) in [5, 5.41) is 2.88. The average Bonchev–Trinajstić information content (AvgIpc) is 2.21. The minimum absolute atomic E-state index is 0.0122. The first-order chi connectivity index (χ1) is 7.50. The zero-order valence-corrected chi connectivity index (χ0v) is 10.2. The predicted molar refractivity (Wildman–Crippen MR) is 66.5 cm³/mol. The average molecular weight is 220 g/mol. The number of nitrogens with one attached hydrogen (secondary N) is 1. The van der Waals surface area contributed by atoms with E-state index in [1.54, 1.807) is 0 Å². The minimum atomic E-state index is -0.0122. The Bertz CT molecular complexity index is 372. The highest BCUT2D eigenvalue weighted by Gasteiger charge is 2.08. The van der Waals surface area contributed by atoms with Crippen LogP contribution in [0, 0.1) is 13.8 Å². The van der Waals surface area contributed by atoms with E-state index in [2.05, 4.69) is 5.32 Å². The molecule has 0 fully saturated rings. The lowest BCUT2D eigenvalue weighted by atomic mass is 10.1. The van der Waals surface area contributed by atoms with Crippen molar-refractivity contribution in [1.82, 2.24) is 5.32 Å². The lowest BCUT2D eigenvalue weighted by molar-refractivity contribution is 0.0952. The molecule has 16 heavy (non-hydrogen) atoms. The molecule has 0 saturated heterocycles. The van der Waals surface area contributed by atoms with Crippen LogP contribution in [-0.2, 0) is 0 Å². The quantitative estimate of drug-likeness (QED) is 0.812. The molecule has 0 spiro atoms. The van der Waals surface area contributed by atoms with Crippen LogP contribution >= 0.6 is 0 Å². The summed E-state index contributed by atoms with van der Waals surface area (Å²) in [5.41, 5.74) is 8.48. The number of benzene rings is 1. The lowest BCUT2D eigenvalue weighted by Gasteiger charge is -2.09. The minimum Gasteiger partial charge on any atom is -0.352 e. The van der Waals surface area contributed by atoms with E-state index in [0.717, 1.165) is 23.1 Å². The fraction of sp³-hybridized carbons (Fsp3) is 0.462. The topological polar surface area (TPSA) is 55.1 Å². The number of aryl methyl sites for hydroxylation is 2. The molecule has 1 aromatic carbocycles. The molecule has 0 aliphatic rings. The monoisotopic (exact) mass is 220 g/mol. The van der Waals surface area contributed by atoms with E-state index in [1.807, 2.05) is 39.0 Å². The third kappa shape index (κ3) is 3.66. The summed E-state index contributed by atoms with van der Waals surface area (Å²) >= 11 is 0. The molecule has 0 heterocycles. The zero-order chi connectivity index (χ0) is 12.1. The van der Waals surface area contributed by atoms with Crippen LogP contribution in [0.1, 0.15) is 34.8 Å². The molecule has 0 aliphatic heterocycles. The Labute approximate surface area is 97.0 Å². The first-order valence-electron chi connectivity index (χ1n) is 5.61. The van der Waals surface area contributed by atoms with Crippen LogP contribution in [0.15, 0.2) is 18.2 Å². The maximum Gasteiger partial charge on any atom is 0.251 e. The van der Waals surface area contributed by atoms with Crippen molar-refractivity contribution in [2.45, 2.75) is 33.2 Å². The summed E-state index contributed by atoms with van der Waals surface area (Å²) in [4.78, 5) is 11.8. The van der Waals surface area contributed by atoms with Gasteiger partial charge in [-0.25, -0.2) is 0 Å². The molecule has 0 aliphatic carbocycles. The highest BCUT2D eigenvalue weighted by atomic mass is 16.1. The second-order valence-electron chi connectivity index (χ2n) is 4.34. The Morgan fingerprint density at radius 2 is 2.12 bits per heavy atom. The van der Waals surface area contributed by atoms with E-state index < -0.39 is 0 Å². The molecule has 1 atom stereocenters. The second-order valence-corrected chi connectivity index (χ2v) is 4.34. The first kappa shape index (κ1) is 12.7. The maximum absolute atomic E-state index is 11.8. The molecule has 1 amide bonds. The fourth-order valence-electron chi connectivity index (χ4n) is 1.49. The molecule has 3 heteroatoms.